The third-order valence-electron chi connectivity index (χ3n) is 5.10. The molecule has 1 saturated heterocycles. The molecule has 1 aliphatic rings. The van der Waals surface area contributed by atoms with E-state index in [9.17, 15) is 14.3 Å². The molecule has 1 aliphatic heterocycles. The summed E-state index contributed by atoms with van der Waals surface area (Å²) < 4.78 is 19.6. The van der Waals surface area contributed by atoms with Crippen molar-refractivity contribution in [3.05, 3.63) is 58.9 Å². The summed E-state index contributed by atoms with van der Waals surface area (Å²) >= 11 is 5.95. The number of halogens is 2. The Hall–Kier alpha value is -2.31. The third kappa shape index (κ3) is 5.61. The summed E-state index contributed by atoms with van der Waals surface area (Å²) in [6, 6.07) is 11.0. The van der Waals surface area contributed by atoms with Crippen LogP contribution in [0, 0.1) is 5.82 Å². The maximum absolute atomic E-state index is 13.9. The average molecular weight is 421 g/mol. The molecule has 0 saturated carbocycles. The Balaban J connectivity index is 1.70. The largest absolute Gasteiger partial charge is 0.481 e. The van der Waals surface area contributed by atoms with Gasteiger partial charge in [-0.1, -0.05) is 17.7 Å². The van der Waals surface area contributed by atoms with Crippen LogP contribution in [0.15, 0.2) is 42.5 Å². The number of ether oxygens (including phenoxy) is 1. The zero-order valence-electron chi connectivity index (χ0n) is 16.6. The second kappa shape index (κ2) is 9.46. The number of anilines is 1. The summed E-state index contributed by atoms with van der Waals surface area (Å²) in [5, 5.41) is 13.2. The lowest BCUT2D eigenvalue weighted by Gasteiger charge is -2.34. The molecule has 2 atom stereocenters. The van der Waals surface area contributed by atoms with Crippen LogP contribution in [-0.2, 0) is 4.79 Å². The van der Waals surface area contributed by atoms with Gasteiger partial charge in [-0.15, -0.1) is 0 Å². The molecule has 7 heteroatoms. The van der Waals surface area contributed by atoms with Crippen molar-refractivity contribution in [3.8, 4) is 5.75 Å². The molecule has 0 aliphatic carbocycles. The van der Waals surface area contributed by atoms with E-state index in [1.807, 2.05) is 6.92 Å². The molecule has 0 radical (unpaired) electrons. The van der Waals surface area contributed by atoms with Crippen molar-refractivity contribution in [2.24, 2.45) is 0 Å². The Morgan fingerprint density at radius 2 is 1.97 bits per heavy atom. The number of benzene rings is 2. The van der Waals surface area contributed by atoms with Gasteiger partial charge in [0.25, 0.3) is 5.91 Å². The number of piperidine rings is 1. The molecule has 29 heavy (non-hydrogen) atoms. The average Bonchev–Trinajstić information content (AvgIpc) is 2.68. The highest BCUT2D eigenvalue weighted by molar-refractivity contribution is 6.30. The van der Waals surface area contributed by atoms with Crippen molar-refractivity contribution in [2.45, 2.75) is 44.9 Å². The van der Waals surface area contributed by atoms with E-state index in [0.29, 0.717) is 42.3 Å². The minimum atomic E-state index is -0.738. The van der Waals surface area contributed by atoms with Gasteiger partial charge >= 0.3 is 0 Å². The molecule has 0 bridgehead atoms. The number of nitrogens with one attached hydrogen (secondary N) is 1. The number of hydrogen-bond acceptors (Lipinski definition) is 4. The van der Waals surface area contributed by atoms with Crippen LogP contribution in [0.4, 0.5) is 10.1 Å². The summed E-state index contributed by atoms with van der Waals surface area (Å²) in [4.78, 5) is 14.7. The van der Waals surface area contributed by atoms with E-state index in [2.05, 4.69) is 10.2 Å². The predicted molar refractivity (Wildman–Crippen MR) is 112 cm³/mol. The topological polar surface area (TPSA) is 61.8 Å². The van der Waals surface area contributed by atoms with Crippen molar-refractivity contribution in [3.63, 3.8) is 0 Å². The molecule has 1 heterocycles. The van der Waals surface area contributed by atoms with Crippen LogP contribution in [0.3, 0.4) is 0 Å². The van der Waals surface area contributed by atoms with Gasteiger partial charge in [0.15, 0.2) is 6.10 Å². The molecule has 156 valence electrons. The summed E-state index contributed by atoms with van der Waals surface area (Å²) in [7, 11) is 0. The van der Waals surface area contributed by atoms with Crippen LogP contribution in [-0.4, -0.2) is 36.3 Å². The maximum Gasteiger partial charge on any atom is 0.261 e. The first kappa shape index (κ1) is 21.4. The summed E-state index contributed by atoms with van der Waals surface area (Å²) in [6.07, 6.45) is 0.305. The second-order valence-corrected chi connectivity index (χ2v) is 7.81. The lowest BCUT2D eigenvalue weighted by molar-refractivity contribution is -0.127. The van der Waals surface area contributed by atoms with Crippen LogP contribution in [0.2, 0.25) is 5.02 Å². The first-order valence-electron chi connectivity index (χ1n) is 9.78. The molecular formula is C22H26ClFN2O3. The number of rotatable bonds is 6. The smallest absolute Gasteiger partial charge is 0.261 e. The first-order valence-corrected chi connectivity index (χ1v) is 10.2. The fourth-order valence-corrected chi connectivity index (χ4v) is 3.65. The highest BCUT2D eigenvalue weighted by Gasteiger charge is 2.24. The van der Waals surface area contributed by atoms with E-state index in [1.54, 1.807) is 37.3 Å². The van der Waals surface area contributed by atoms with Crippen molar-refractivity contribution in [2.75, 3.05) is 18.0 Å². The third-order valence-corrected chi connectivity index (χ3v) is 5.33. The lowest BCUT2D eigenvalue weighted by atomic mass is 10.0. The van der Waals surface area contributed by atoms with Gasteiger partial charge in [-0.25, -0.2) is 4.39 Å². The number of hydrogen-bond donors (Lipinski definition) is 2. The Bertz CT molecular complexity index is 856. The van der Waals surface area contributed by atoms with Gasteiger partial charge in [-0.05, 0) is 63.1 Å². The molecular weight excluding hydrogens is 395 g/mol. The molecule has 2 aromatic carbocycles. The number of carbonyl (C=O) groups excluding carboxylic acids is 1. The molecule has 0 spiro atoms. The van der Waals surface area contributed by atoms with E-state index in [1.165, 1.54) is 12.1 Å². The van der Waals surface area contributed by atoms with E-state index in [0.717, 1.165) is 5.69 Å². The van der Waals surface area contributed by atoms with Gasteiger partial charge in [0, 0.05) is 29.4 Å². The van der Waals surface area contributed by atoms with Crippen LogP contribution >= 0.6 is 11.6 Å². The standard InChI is InChI=1S/C22H26ClFN2O3/c1-14(25-22(28)15(2)29-19-5-3-4-16(23)12-19)20-13-17(24)6-7-21(20)26-10-8-18(27)9-11-26/h3-7,12-15,18,27H,8-11H2,1-2H3,(H,25,28)/t14-,15-/m0/s1. The van der Waals surface area contributed by atoms with E-state index < -0.39 is 12.1 Å². The Labute approximate surface area is 175 Å². The minimum Gasteiger partial charge on any atom is -0.481 e. The van der Waals surface area contributed by atoms with E-state index in [4.69, 9.17) is 16.3 Å². The molecule has 5 nitrogen and oxygen atoms in total. The number of aliphatic hydroxyl groups is 1. The number of amides is 1. The molecule has 1 amide bonds. The molecule has 2 N–H and O–H groups in total. The maximum atomic E-state index is 13.9. The summed E-state index contributed by atoms with van der Waals surface area (Å²) in [5.41, 5.74) is 1.57. The Kier molecular flexibility index (Phi) is 6.98. The molecule has 3 rings (SSSR count). The lowest BCUT2D eigenvalue weighted by Crippen LogP contribution is -2.39. The highest BCUT2D eigenvalue weighted by atomic mass is 35.5. The quantitative estimate of drug-likeness (QED) is 0.739. The molecule has 1 fully saturated rings. The minimum absolute atomic E-state index is 0.295. The fraction of sp³-hybridized carbons (Fsp3) is 0.409. The van der Waals surface area contributed by atoms with Gasteiger partial charge in [0.05, 0.1) is 12.1 Å². The highest BCUT2D eigenvalue weighted by Crippen LogP contribution is 2.30. The van der Waals surface area contributed by atoms with Crippen LogP contribution in [0.5, 0.6) is 5.75 Å². The van der Waals surface area contributed by atoms with Crippen LogP contribution in [0.25, 0.3) is 0 Å². The van der Waals surface area contributed by atoms with Crippen molar-refractivity contribution in [1.29, 1.82) is 0 Å². The summed E-state index contributed by atoms with van der Waals surface area (Å²) in [5.74, 6) is -0.155. The normalized spacial score (nSPS) is 16.9. The zero-order valence-corrected chi connectivity index (χ0v) is 17.3. The predicted octanol–water partition coefficient (Wildman–Crippen LogP) is 4.08. The van der Waals surface area contributed by atoms with E-state index in [-0.39, 0.29) is 17.8 Å². The van der Waals surface area contributed by atoms with Gasteiger partial charge in [0.1, 0.15) is 11.6 Å². The van der Waals surface area contributed by atoms with Gasteiger partial charge < -0.3 is 20.1 Å². The second-order valence-electron chi connectivity index (χ2n) is 7.37. The van der Waals surface area contributed by atoms with Crippen molar-refractivity contribution >= 4 is 23.2 Å². The zero-order chi connectivity index (χ0) is 21.0. The molecule has 0 aromatic heterocycles. The SMILES string of the molecule is C[C@H](Oc1cccc(Cl)c1)C(=O)N[C@@H](C)c1cc(F)ccc1N1CCC(O)CC1. The van der Waals surface area contributed by atoms with Crippen LogP contribution in [0.1, 0.15) is 38.3 Å². The van der Waals surface area contributed by atoms with E-state index >= 15 is 0 Å². The van der Waals surface area contributed by atoms with Crippen LogP contribution < -0.4 is 15.0 Å². The Morgan fingerprint density at radius 1 is 1.24 bits per heavy atom. The molecule has 2 aromatic rings. The fourth-order valence-electron chi connectivity index (χ4n) is 3.47. The summed E-state index contributed by atoms with van der Waals surface area (Å²) in [6.45, 7) is 4.85. The monoisotopic (exact) mass is 420 g/mol. The van der Waals surface area contributed by atoms with Crippen molar-refractivity contribution in [1.82, 2.24) is 5.32 Å². The Morgan fingerprint density at radius 3 is 2.66 bits per heavy atom. The van der Waals surface area contributed by atoms with Gasteiger partial charge in [-0.3, -0.25) is 4.79 Å². The number of aliphatic hydroxyl groups excluding tert-OH is 1. The number of nitrogens with zero attached hydrogens (tertiary/aromatic N) is 1. The number of carbonyl (C=O) groups is 1. The van der Waals surface area contributed by atoms with Crippen molar-refractivity contribution < 1.29 is 19.0 Å². The van der Waals surface area contributed by atoms with Gasteiger partial charge in [-0.2, -0.15) is 0 Å². The first-order chi connectivity index (χ1) is 13.8. The van der Waals surface area contributed by atoms with Gasteiger partial charge in [0.2, 0.25) is 0 Å². The molecule has 0 unspecified atom stereocenters.